The van der Waals surface area contributed by atoms with Crippen molar-refractivity contribution < 1.29 is 5.11 Å². The van der Waals surface area contributed by atoms with Crippen LogP contribution in [0.2, 0.25) is 0 Å². The van der Waals surface area contributed by atoms with Crippen LogP contribution in [0, 0.1) is 0 Å². The zero-order chi connectivity index (χ0) is 5.28. The smallest absolute Gasteiger partial charge is 0.122 e. The number of aliphatic hydroxyl groups is 1. The van der Waals surface area contributed by atoms with E-state index in [9.17, 15) is 0 Å². The summed E-state index contributed by atoms with van der Waals surface area (Å²) in [4.78, 5) is 0. The van der Waals surface area contributed by atoms with Crippen molar-refractivity contribution in [2.24, 2.45) is 0 Å². The number of hydrogen-bond donors (Lipinski definition) is 1. The largest absolute Gasteiger partial charge is 0.507 e. The van der Waals surface area contributed by atoms with Gasteiger partial charge in [0.15, 0.2) is 0 Å². The second-order valence-corrected chi connectivity index (χ2v) is 1.44. The monoisotopic (exact) mass is 94.0 g/mol. The van der Waals surface area contributed by atoms with E-state index in [1.165, 1.54) is 0 Å². The number of hydrogen-bond acceptors (Lipinski definition) is 1. The van der Waals surface area contributed by atoms with Crippen molar-refractivity contribution in [2.75, 3.05) is 0 Å². The second kappa shape index (κ2) is 1.26. The van der Waals surface area contributed by atoms with Gasteiger partial charge in [-0.2, -0.15) is 0 Å². The molecule has 0 saturated heterocycles. The molecule has 0 amide bonds. The zero-order valence-corrected chi connectivity index (χ0v) is 3.89. The van der Waals surface area contributed by atoms with Gasteiger partial charge in [0.25, 0.3) is 0 Å². The van der Waals surface area contributed by atoms with Crippen LogP contribution >= 0.6 is 0 Å². The molecule has 0 fully saturated rings. The van der Waals surface area contributed by atoms with Crippen molar-refractivity contribution in [2.45, 2.75) is 0 Å². The fourth-order valence-electron chi connectivity index (χ4n) is 0.448. The van der Waals surface area contributed by atoms with Gasteiger partial charge in [-0.05, 0) is 6.08 Å². The fraction of sp³-hybridized carbons (Fsp3) is 0. The number of allylic oxidation sites excluding steroid dienone is 3. The first kappa shape index (κ1) is 4.19. The molecule has 0 aromatic rings. The lowest BCUT2D eigenvalue weighted by Gasteiger charge is -1.86. The Morgan fingerprint density at radius 3 is 2.43 bits per heavy atom. The topological polar surface area (TPSA) is 20.2 Å². The lowest BCUT2D eigenvalue weighted by Crippen LogP contribution is -1.73. The molecule has 1 nitrogen and oxygen atoms in total. The molecule has 36 valence electrons. The predicted molar refractivity (Wildman–Crippen MR) is 29.0 cm³/mol. The van der Waals surface area contributed by atoms with Crippen LogP contribution in [0.4, 0.5) is 0 Å². The van der Waals surface area contributed by atoms with Crippen molar-refractivity contribution >= 4 is 0 Å². The molecule has 1 aliphatic rings. The second-order valence-electron chi connectivity index (χ2n) is 1.44. The third kappa shape index (κ3) is 0.563. The molecule has 7 heavy (non-hydrogen) atoms. The molecule has 1 N–H and O–H groups in total. The average molecular weight is 94.1 g/mol. The van der Waals surface area contributed by atoms with Gasteiger partial charge in [0.05, 0.1) is 0 Å². The van der Waals surface area contributed by atoms with Crippen LogP contribution in [0.3, 0.4) is 0 Å². The summed E-state index contributed by atoms with van der Waals surface area (Å²) < 4.78 is 0. The summed E-state index contributed by atoms with van der Waals surface area (Å²) in [5.74, 6) is 0.278. The fourth-order valence-corrected chi connectivity index (χ4v) is 0.448. The van der Waals surface area contributed by atoms with Gasteiger partial charge in [0.1, 0.15) is 5.76 Å². The molecule has 0 aromatic carbocycles. The Morgan fingerprint density at radius 2 is 2.29 bits per heavy atom. The van der Waals surface area contributed by atoms with E-state index < -0.39 is 0 Å². The Hall–Kier alpha value is -0.980. The van der Waals surface area contributed by atoms with E-state index in [0.717, 1.165) is 0 Å². The van der Waals surface area contributed by atoms with Crippen LogP contribution < -0.4 is 0 Å². The Balaban J connectivity index is 2.89. The van der Waals surface area contributed by atoms with Gasteiger partial charge < -0.3 is 5.11 Å². The standard InChI is InChI=1S/C6H6O/c1-5-3-2-4-6(5)7/h2-4,7H,1H2. The third-order valence-corrected chi connectivity index (χ3v) is 0.881. The highest BCUT2D eigenvalue weighted by Gasteiger charge is 1.97. The Labute approximate surface area is 42.3 Å². The summed E-state index contributed by atoms with van der Waals surface area (Å²) in [6, 6.07) is 0. The lowest BCUT2D eigenvalue weighted by atomic mass is 10.3. The molecule has 0 saturated carbocycles. The van der Waals surface area contributed by atoms with E-state index in [1.54, 1.807) is 18.2 Å². The molecular formula is C6H6O. The quantitative estimate of drug-likeness (QED) is 0.483. The molecule has 1 rings (SSSR count). The summed E-state index contributed by atoms with van der Waals surface area (Å²) in [7, 11) is 0. The molecule has 1 aliphatic carbocycles. The van der Waals surface area contributed by atoms with Crippen molar-refractivity contribution in [3.8, 4) is 0 Å². The average Bonchev–Trinajstić information content (AvgIpc) is 1.91. The summed E-state index contributed by atoms with van der Waals surface area (Å²) in [5.41, 5.74) is 0.694. The first-order valence-electron chi connectivity index (χ1n) is 2.07. The van der Waals surface area contributed by atoms with Crippen molar-refractivity contribution in [1.82, 2.24) is 0 Å². The van der Waals surface area contributed by atoms with Crippen molar-refractivity contribution in [1.29, 1.82) is 0 Å². The van der Waals surface area contributed by atoms with Gasteiger partial charge in [-0.25, -0.2) is 0 Å². The van der Waals surface area contributed by atoms with Gasteiger partial charge >= 0.3 is 0 Å². The van der Waals surface area contributed by atoms with E-state index in [1.807, 2.05) is 0 Å². The Kier molecular flexibility index (Phi) is 0.754. The third-order valence-electron chi connectivity index (χ3n) is 0.881. The van der Waals surface area contributed by atoms with E-state index in [0.29, 0.717) is 5.57 Å². The minimum Gasteiger partial charge on any atom is -0.507 e. The molecule has 0 bridgehead atoms. The summed E-state index contributed by atoms with van der Waals surface area (Å²) >= 11 is 0. The Bertz CT molecular complexity index is 152. The van der Waals surface area contributed by atoms with Gasteiger partial charge in [0.2, 0.25) is 0 Å². The Morgan fingerprint density at radius 1 is 1.57 bits per heavy atom. The molecular weight excluding hydrogens is 88.1 g/mol. The van der Waals surface area contributed by atoms with Gasteiger partial charge in [-0.1, -0.05) is 18.7 Å². The lowest BCUT2D eigenvalue weighted by molar-refractivity contribution is 0.429. The number of rotatable bonds is 0. The van der Waals surface area contributed by atoms with Crippen LogP contribution in [-0.2, 0) is 0 Å². The maximum absolute atomic E-state index is 8.70. The van der Waals surface area contributed by atoms with E-state index in [-0.39, 0.29) is 5.76 Å². The van der Waals surface area contributed by atoms with Crippen LogP contribution in [0.15, 0.2) is 36.1 Å². The molecule has 0 heterocycles. The van der Waals surface area contributed by atoms with Crippen LogP contribution in [0.5, 0.6) is 0 Å². The van der Waals surface area contributed by atoms with Crippen LogP contribution in [0.1, 0.15) is 0 Å². The van der Waals surface area contributed by atoms with Crippen LogP contribution in [0.25, 0.3) is 0 Å². The molecule has 0 spiro atoms. The number of aliphatic hydroxyl groups excluding tert-OH is 1. The van der Waals surface area contributed by atoms with Crippen LogP contribution in [-0.4, -0.2) is 5.11 Å². The zero-order valence-electron chi connectivity index (χ0n) is 3.89. The minimum atomic E-state index is 0.278. The highest BCUT2D eigenvalue weighted by molar-refractivity contribution is 5.41. The molecule has 0 unspecified atom stereocenters. The molecule has 0 aliphatic heterocycles. The molecule has 0 radical (unpaired) electrons. The van der Waals surface area contributed by atoms with E-state index in [4.69, 9.17) is 5.11 Å². The highest BCUT2D eigenvalue weighted by Crippen LogP contribution is 2.11. The molecule has 1 heteroatoms. The van der Waals surface area contributed by atoms with Gasteiger partial charge in [0, 0.05) is 5.57 Å². The first-order chi connectivity index (χ1) is 3.30. The van der Waals surface area contributed by atoms with Crippen molar-refractivity contribution in [3.63, 3.8) is 0 Å². The van der Waals surface area contributed by atoms with Crippen molar-refractivity contribution in [3.05, 3.63) is 36.1 Å². The van der Waals surface area contributed by atoms with E-state index in [2.05, 4.69) is 6.58 Å². The summed E-state index contributed by atoms with van der Waals surface area (Å²) in [5, 5.41) is 8.70. The van der Waals surface area contributed by atoms with Gasteiger partial charge in [-0.3, -0.25) is 0 Å². The SMILES string of the molecule is C=C1C=CC=C1O. The minimum absolute atomic E-state index is 0.278. The molecule has 0 aromatic heterocycles. The highest BCUT2D eigenvalue weighted by atomic mass is 16.3. The van der Waals surface area contributed by atoms with E-state index >= 15 is 0 Å². The predicted octanol–water partition coefficient (Wildman–Crippen LogP) is 1.55. The molecule has 0 atom stereocenters. The maximum Gasteiger partial charge on any atom is 0.122 e. The summed E-state index contributed by atoms with van der Waals surface area (Å²) in [6.45, 7) is 3.53. The first-order valence-corrected chi connectivity index (χ1v) is 2.07. The normalized spacial score (nSPS) is 17.7. The summed E-state index contributed by atoms with van der Waals surface area (Å²) in [6.07, 6.45) is 5.13. The van der Waals surface area contributed by atoms with Gasteiger partial charge in [-0.15, -0.1) is 0 Å². The maximum atomic E-state index is 8.70.